The molecule has 6 heteroatoms. The van der Waals surface area contributed by atoms with Crippen LogP contribution in [0.1, 0.15) is 42.6 Å². The molecule has 2 aliphatic carbocycles. The minimum atomic E-state index is -0.944. The predicted molar refractivity (Wildman–Crippen MR) is 73.0 cm³/mol. The molecule has 3 rings (SSSR count). The van der Waals surface area contributed by atoms with Crippen LogP contribution in [0.3, 0.4) is 0 Å². The van der Waals surface area contributed by atoms with E-state index in [9.17, 15) is 9.90 Å². The van der Waals surface area contributed by atoms with Crippen LogP contribution in [0.25, 0.3) is 0 Å². The largest absolute Gasteiger partial charge is 0 e. The normalized spacial score (nSPS) is 28.7. The van der Waals surface area contributed by atoms with Crippen LogP contribution < -0.4 is 0 Å². The smallest absolute Gasteiger partial charge is 0 e. The molecule has 1 aromatic rings. The molecule has 1 N–H and O–H groups in total. The molecule has 0 spiro atoms. The van der Waals surface area contributed by atoms with Crippen molar-refractivity contribution >= 4 is 5.78 Å². The predicted octanol–water partition coefficient (Wildman–Crippen LogP) is 2.39. The van der Waals surface area contributed by atoms with Crippen molar-refractivity contribution in [3.63, 3.8) is 0 Å². The maximum atomic E-state index is 12.4. The molecule has 23 heavy (non-hydrogen) atoms. The maximum absolute atomic E-state index is 12.4. The standard InChI is InChI=1S/C14H16O2.3CO.Cr/c1-9-7-8-13(2)12(15)10-5-3-4-6-11(10)14(9,13)16;3*1-2;/h3-6,9,16H,7-8H2,1-2H3;;;;/t9-,13+,14+;;;;/m0..../s1. The van der Waals surface area contributed by atoms with Gasteiger partial charge in [-0.15, -0.1) is 0 Å². The molecule has 0 amide bonds. The Morgan fingerprint density at radius 3 is 2.13 bits per heavy atom. The van der Waals surface area contributed by atoms with Gasteiger partial charge in [0.15, 0.2) is 5.78 Å². The van der Waals surface area contributed by atoms with Gasteiger partial charge in [-0.3, -0.25) is 4.79 Å². The molecule has 0 unspecified atom stereocenters. The van der Waals surface area contributed by atoms with Gasteiger partial charge in [0.2, 0.25) is 0 Å². The number of carbonyl (C=O) groups is 1. The molecule has 0 bridgehead atoms. The Kier molecular flexibility index (Phi) is 10.0. The van der Waals surface area contributed by atoms with E-state index in [1.165, 1.54) is 0 Å². The third-order valence-electron chi connectivity index (χ3n) is 4.72. The van der Waals surface area contributed by atoms with Crippen molar-refractivity contribution in [2.45, 2.75) is 32.3 Å². The average Bonchev–Trinajstić information content (AvgIpc) is 2.94. The molecule has 0 heterocycles. The number of carbonyl (C=O) groups excluding carboxylic acids is 1. The summed E-state index contributed by atoms with van der Waals surface area (Å²) in [7, 11) is 0. The van der Waals surface area contributed by atoms with E-state index >= 15 is 0 Å². The molecule has 0 aliphatic heterocycles. The monoisotopic (exact) mass is 352 g/mol. The first-order valence-corrected chi connectivity index (χ1v) is 6.50. The van der Waals surface area contributed by atoms with Crippen molar-refractivity contribution in [3.05, 3.63) is 55.3 Å². The fourth-order valence-corrected chi connectivity index (χ4v) is 3.61. The Balaban J connectivity index is 0. The van der Waals surface area contributed by atoms with E-state index in [0.717, 1.165) is 24.0 Å². The van der Waals surface area contributed by atoms with Gasteiger partial charge >= 0.3 is 33.9 Å². The summed E-state index contributed by atoms with van der Waals surface area (Å²) in [5, 5.41) is 11.0. The minimum Gasteiger partial charge on any atom is 0 e. The quantitative estimate of drug-likeness (QED) is 0.573. The van der Waals surface area contributed by atoms with Gasteiger partial charge in [0.25, 0.3) is 0 Å². The van der Waals surface area contributed by atoms with Crippen molar-refractivity contribution in [1.82, 2.24) is 0 Å². The van der Waals surface area contributed by atoms with E-state index in [1.54, 1.807) is 0 Å². The van der Waals surface area contributed by atoms with Crippen LogP contribution in [0.4, 0.5) is 0 Å². The Labute approximate surface area is 146 Å². The molecule has 0 radical (unpaired) electrons. The first kappa shape index (κ1) is 23.9. The molecule has 1 aromatic carbocycles. The van der Waals surface area contributed by atoms with E-state index in [4.69, 9.17) is 14.0 Å². The average molecular weight is 352 g/mol. The molecule has 0 aromatic heterocycles. The van der Waals surface area contributed by atoms with Crippen LogP contribution >= 0.6 is 0 Å². The molecule has 1 saturated carbocycles. The number of hydrogen-bond acceptors (Lipinski definition) is 2. The van der Waals surface area contributed by atoms with E-state index in [-0.39, 0.29) is 29.1 Å². The van der Waals surface area contributed by atoms with Gasteiger partial charge in [-0.05, 0) is 31.2 Å². The van der Waals surface area contributed by atoms with E-state index in [0.29, 0.717) is 0 Å². The van der Waals surface area contributed by atoms with Crippen molar-refractivity contribution in [1.29, 1.82) is 0 Å². The van der Waals surface area contributed by atoms with Crippen molar-refractivity contribution < 1.29 is 41.2 Å². The van der Waals surface area contributed by atoms with Gasteiger partial charge in [-0.1, -0.05) is 31.2 Å². The summed E-state index contributed by atoms with van der Waals surface area (Å²) in [5.41, 5.74) is 0.0168. The molecule has 0 saturated heterocycles. The van der Waals surface area contributed by atoms with Gasteiger partial charge in [-0.2, -0.15) is 0 Å². The Morgan fingerprint density at radius 1 is 1.13 bits per heavy atom. The van der Waals surface area contributed by atoms with E-state index < -0.39 is 11.0 Å². The number of ketones is 1. The zero-order chi connectivity index (χ0) is 17.6. The summed E-state index contributed by atoms with van der Waals surface area (Å²) < 4.78 is 22.5. The fraction of sp³-hybridized carbons (Fsp3) is 0.412. The molecule has 3 atom stereocenters. The van der Waals surface area contributed by atoms with Gasteiger partial charge < -0.3 is 5.11 Å². The minimum absolute atomic E-state index is 0. The Hall–Kier alpha value is -1.40. The van der Waals surface area contributed by atoms with E-state index in [1.807, 2.05) is 38.1 Å². The van der Waals surface area contributed by atoms with Gasteiger partial charge in [-0.25, -0.2) is 0 Å². The van der Waals surface area contributed by atoms with Crippen molar-refractivity contribution in [3.8, 4) is 0 Å². The number of Topliss-reactive ketones (excluding diaryl/α,β-unsaturated/α-hetero) is 1. The van der Waals surface area contributed by atoms with Gasteiger partial charge in [0.05, 0.1) is 5.41 Å². The van der Waals surface area contributed by atoms with E-state index in [2.05, 4.69) is 20.0 Å². The number of rotatable bonds is 0. The van der Waals surface area contributed by atoms with Crippen molar-refractivity contribution in [2.75, 3.05) is 0 Å². The zero-order valence-corrected chi connectivity index (χ0v) is 14.1. The topological polar surface area (TPSA) is 97.0 Å². The summed E-state index contributed by atoms with van der Waals surface area (Å²) in [6.07, 6.45) is 1.71. The van der Waals surface area contributed by atoms with Crippen LogP contribution in [-0.2, 0) is 36.9 Å². The second kappa shape index (κ2) is 9.68. The molecule has 2 aliphatic rings. The fourth-order valence-electron chi connectivity index (χ4n) is 3.61. The van der Waals surface area contributed by atoms with Crippen molar-refractivity contribution in [2.24, 2.45) is 11.3 Å². The third-order valence-corrected chi connectivity index (χ3v) is 4.72. The molecule has 1 fully saturated rings. The molecular weight excluding hydrogens is 336 g/mol. The summed E-state index contributed by atoms with van der Waals surface area (Å²) in [6.45, 7) is 17.5. The second-order valence-electron chi connectivity index (χ2n) is 5.41. The Morgan fingerprint density at radius 2 is 1.61 bits per heavy atom. The molecule has 120 valence electrons. The maximum Gasteiger partial charge on any atom is 0 e. The number of fused-ring (bicyclic) bond motifs is 3. The first-order chi connectivity index (χ1) is 10.5. The van der Waals surface area contributed by atoms with Crippen LogP contribution in [0.5, 0.6) is 0 Å². The van der Waals surface area contributed by atoms with Gasteiger partial charge in [0, 0.05) is 22.9 Å². The van der Waals surface area contributed by atoms with Crippen LogP contribution in [0.15, 0.2) is 24.3 Å². The molecule has 5 nitrogen and oxygen atoms in total. The van der Waals surface area contributed by atoms with Crippen LogP contribution in [0.2, 0.25) is 0 Å². The first-order valence-electron chi connectivity index (χ1n) is 6.50. The van der Waals surface area contributed by atoms with Gasteiger partial charge in [0.1, 0.15) is 5.60 Å². The van der Waals surface area contributed by atoms with Crippen LogP contribution in [-0.4, -0.2) is 10.9 Å². The van der Waals surface area contributed by atoms with Crippen LogP contribution in [0, 0.1) is 31.3 Å². The number of hydrogen-bond donors (Lipinski definition) is 1. The Bertz CT molecular complexity index is 592. The second-order valence-corrected chi connectivity index (χ2v) is 5.41. The summed E-state index contributed by atoms with van der Waals surface area (Å²) in [4.78, 5) is 12.4. The summed E-state index contributed by atoms with van der Waals surface area (Å²) >= 11 is 0. The SMILES string of the molecule is C[C@H]1CC[C@]2(C)C(=O)c3ccccc3[C@]12O.[C-]#[O+].[C-]#[O+].[C-]#[O+].[Cr]. The molecular formula is C17H16CrO5. The third kappa shape index (κ3) is 3.28. The number of benzene rings is 1. The number of aliphatic hydroxyl groups is 1. The summed E-state index contributed by atoms with van der Waals surface area (Å²) in [6, 6.07) is 7.52. The zero-order valence-electron chi connectivity index (χ0n) is 12.8. The summed E-state index contributed by atoms with van der Waals surface area (Å²) in [5.74, 6) is 0.278.